The predicted octanol–water partition coefficient (Wildman–Crippen LogP) is 3.76. The van der Waals surface area contributed by atoms with Gasteiger partial charge in [-0.1, -0.05) is 17.3 Å². The molecule has 0 saturated carbocycles. The molecule has 5 heteroatoms. The zero-order valence-electron chi connectivity index (χ0n) is 7.92. The van der Waals surface area contributed by atoms with E-state index < -0.39 is 0 Å². The third-order valence-corrected chi connectivity index (χ3v) is 3.91. The van der Waals surface area contributed by atoms with E-state index in [0.29, 0.717) is 16.1 Å². The number of halogens is 2. The Labute approximate surface area is 104 Å². The summed E-state index contributed by atoms with van der Waals surface area (Å²) in [5, 5.41) is 3.70. The minimum Gasteiger partial charge on any atom is -0.380 e. The van der Waals surface area contributed by atoms with E-state index in [1.165, 1.54) is 0 Å². The van der Waals surface area contributed by atoms with E-state index in [4.69, 9.17) is 10.3 Å². The Morgan fingerprint density at radius 3 is 2.60 bits per heavy atom. The van der Waals surface area contributed by atoms with E-state index in [9.17, 15) is 0 Å². The average molecular weight is 332 g/mol. The fraction of sp³-hybridized carbons (Fsp3) is 0.100. The van der Waals surface area contributed by atoms with Gasteiger partial charge in [0.25, 0.3) is 0 Å². The molecule has 0 spiro atoms. The minimum absolute atomic E-state index is 0.360. The quantitative estimate of drug-likeness (QED) is 0.865. The monoisotopic (exact) mass is 330 g/mol. The van der Waals surface area contributed by atoms with Gasteiger partial charge in [0.15, 0.2) is 11.6 Å². The molecule has 0 unspecified atom stereocenters. The van der Waals surface area contributed by atoms with Crippen molar-refractivity contribution >= 4 is 37.7 Å². The molecule has 0 aliphatic rings. The predicted molar refractivity (Wildman–Crippen MR) is 66.5 cm³/mol. The van der Waals surface area contributed by atoms with E-state index in [1.54, 1.807) is 0 Å². The first-order valence-corrected chi connectivity index (χ1v) is 5.86. The Hall–Kier alpha value is -0.810. The lowest BCUT2D eigenvalue weighted by molar-refractivity contribution is 0.435. The topological polar surface area (TPSA) is 52.0 Å². The maximum Gasteiger partial charge on any atom is 0.184 e. The van der Waals surface area contributed by atoms with Crippen molar-refractivity contribution in [2.75, 3.05) is 5.73 Å². The van der Waals surface area contributed by atoms with Crippen LogP contribution in [0, 0.1) is 6.92 Å². The van der Waals surface area contributed by atoms with Crippen LogP contribution in [-0.2, 0) is 0 Å². The average Bonchev–Trinajstić information content (AvgIpc) is 2.53. The number of benzene rings is 1. The van der Waals surface area contributed by atoms with Crippen LogP contribution in [0.1, 0.15) is 5.56 Å². The van der Waals surface area contributed by atoms with Crippen molar-refractivity contribution in [3.63, 3.8) is 0 Å². The van der Waals surface area contributed by atoms with Crippen molar-refractivity contribution in [2.45, 2.75) is 6.92 Å². The molecule has 2 aromatic rings. The van der Waals surface area contributed by atoms with Gasteiger partial charge in [0, 0.05) is 10.0 Å². The number of anilines is 1. The third-order valence-electron chi connectivity index (χ3n) is 2.10. The van der Waals surface area contributed by atoms with Crippen LogP contribution in [0.4, 0.5) is 5.82 Å². The van der Waals surface area contributed by atoms with Crippen LogP contribution in [0.2, 0.25) is 0 Å². The van der Waals surface area contributed by atoms with Crippen LogP contribution in [0.5, 0.6) is 0 Å². The van der Waals surface area contributed by atoms with E-state index in [2.05, 4.69) is 37.0 Å². The van der Waals surface area contributed by atoms with Crippen LogP contribution in [0.25, 0.3) is 11.3 Å². The Bertz CT molecular complexity index is 508. The summed E-state index contributed by atoms with van der Waals surface area (Å²) in [6, 6.07) is 5.92. The van der Waals surface area contributed by atoms with Gasteiger partial charge >= 0.3 is 0 Å². The van der Waals surface area contributed by atoms with Crippen LogP contribution in [-0.4, -0.2) is 5.16 Å². The molecule has 1 heterocycles. The second-order valence-corrected chi connectivity index (χ2v) is 4.73. The van der Waals surface area contributed by atoms with Gasteiger partial charge in [-0.05, 0) is 50.4 Å². The van der Waals surface area contributed by atoms with E-state index in [0.717, 1.165) is 15.6 Å². The first-order chi connectivity index (χ1) is 7.11. The first kappa shape index (κ1) is 10.7. The van der Waals surface area contributed by atoms with Crippen LogP contribution in [0.15, 0.2) is 31.7 Å². The number of hydrogen-bond donors (Lipinski definition) is 1. The third kappa shape index (κ3) is 1.81. The van der Waals surface area contributed by atoms with Crippen molar-refractivity contribution in [1.29, 1.82) is 0 Å². The van der Waals surface area contributed by atoms with E-state index in [1.807, 2.05) is 25.1 Å². The lowest BCUT2D eigenvalue weighted by Crippen LogP contribution is -1.84. The van der Waals surface area contributed by atoms with Crippen LogP contribution >= 0.6 is 31.9 Å². The van der Waals surface area contributed by atoms with Crippen molar-refractivity contribution in [3.05, 3.63) is 32.7 Å². The zero-order valence-corrected chi connectivity index (χ0v) is 11.1. The molecule has 0 radical (unpaired) electrons. The van der Waals surface area contributed by atoms with Crippen molar-refractivity contribution in [2.24, 2.45) is 0 Å². The molecule has 0 atom stereocenters. The van der Waals surface area contributed by atoms with Gasteiger partial charge < -0.3 is 10.3 Å². The standard InChI is InChI=1S/C10H8Br2N2O/c1-5-3-2-4-6(7(5)11)9-8(12)10(13)14-15-9/h2-4H,1H3,(H2,13,14). The molecule has 0 aliphatic carbocycles. The summed E-state index contributed by atoms with van der Waals surface area (Å²) in [6.07, 6.45) is 0. The van der Waals surface area contributed by atoms with Gasteiger partial charge in [-0.2, -0.15) is 0 Å². The summed E-state index contributed by atoms with van der Waals surface area (Å²) >= 11 is 6.85. The molecule has 2 rings (SSSR count). The van der Waals surface area contributed by atoms with Gasteiger partial charge in [0.1, 0.15) is 4.47 Å². The first-order valence-electron chi connectivity index (χ1n) is 4.27. The van der Waals surface area contributed by atoms with Crippen molar-refractivity contribution < 1.29 is 4.52 Å². The van der Waals surface area contributed by atoms with Gasteiger partial charge in [-0.15, -0.1) is 0 Å². The number of rotatable bonds is 1. The Morgan fingerprint density at radius 2 is 2.00 bits per heavy atom. The number of nitrogen functional groups attached to an aromatic ring is 1. The Morgan fingerprint density at radius 1 is 1.27 bits per heavy atom. The number of aromatic nitrogens is 1. The number of nitrogens with two attached hydrogens (primary N) is 1. The maximum absolute atomic E-state index is 5.60. The maximum atomic E-state index is 5.60. The highest BCUT2D eigenvalue weighted by molar-refractivity contribution is 9.11. The van der Waals surface area contributed by atoms with Crippen LogP contribution < -0.4 is 5.73 Å². The summed E-state index contributed by atoms with van der Waals surface area (Å²) in [4.78, 5) is 0. The fourth-order valence-electron chi connectivity index (χ4n) is 1.28. The molecule has 0 aliphatic heterocycles. The Kier molecular flexibility index (Phi) is 2.84. The van der Waals surface area contributed by atoms with Crippen LogP contribution in [0.3, 0.4) is 0 Å². The number of hydrogen-bond acceptors (Lipinski definition) is 3. The van der Waals surface area contributed by atoms with Gasteiger partial charge in [0.2, 0.25) is 0 Å². The zero-order chi connectivity index (χ0) is 11.0. The molecule has 1 aromatic carbocycles. The molecule has 0 bridgehead atoms. The summed E-state index contributed by atoms with van der Waals surface area (Å²) < 4.78 is 6.84. The van der Waals surface area contributed by atoms with Crippen molar-refractivity contribution in [3.8, 4) is 11.3 Å². The minimum atomic E-state index is 0.360. The SMILES string of the molecule is Cc1cccc(-c2onc(N)c2Br)c1Br. The highest BCUT2D eigenvalue weighted by Gasteiger charge is 2.16. The highest BCUT2D eigenvalue weighted by Crippen LogP contribution is 2.37. The smallest absolute Gasteiger partial charge is 0.184 e. The normalized spacial score (nSPS) is 10.6. The second kappa shape index (κ2) is 3.98. The summed E-state index contributed by atoms with van der Waals surface area (Å²) in [7, 11) is 0. The molecule has 0 fully saturated rings. The van der Waals surface area contributed by atoms with Gasteiger partial charge in [-0.25, -0.2) is 0 Å². The summed E-state index contributed by atoms with van der Waals surface area (Å²) in [5.74, 6) is 1.00. The lowest BCUT2D eigenvalue weighted by atomic mass is 10.1. The number of nitrogens with zero attached hydrogens (tertiary/aromatic N) is 1. The summed E-state index contributed by atoms with van der Waals surface area (Å²) in [5.41, 5.74) is 7.67. The molecule has 0 saturated heterocycles. The van der Waals surface area contributed by atoms with E-state index in [-0.39, 0.29) is 0 Å². The fourth-order valence-corrected chi connectivity index (χ4v) is 2.08. The lowest BCUT2D eigenvalue weighted by Gasteiger charge is -2.03. The summed E-state index contributed by atoms with van der Waals surface area (Å²) in [6.45, 7) is 2.02. The van der Waals surface area contributed by atoms with E-state index >= 15 is 0 Å². The molecule has 2 N–H and O–H groups in total. The molecule has 0 amide bonds. The molecule has 3 nitrogen and oxygen atoms in total. The highest BCUT2D eigenvalue weighted by atomic mass is 79.9. The molecular formula is C10H8Br2N2O. The largest absolute Gasteiger partial charge is 0.380 e. The molecule has 1 aromatic heterocycles. The number of aryl methyl sites for hydroxylation is 1. The molecule has 15 heavy (non-hydrogen) atoms. The molecular weight excluding hydrogens is 324 g/mol. The second-order valence-electron chi connectivity index (χ2n) is 3.15. The Balaban J connectivity index is 2.64. The molecule has 78 valence electrons. The van der Waals surface area contributed by atoms with Crippen molar-refractivity contribution in [1.82, 2.24) is 5.16 Å². The van der Waals surface area contributed by atoms with Gasteiger partial charge in [0.05, 0.1) is 0 Å². The van der Waals surface area contributed by atoms with Gasteiger partial charge in [-0.3, -0.25) is 0 Å².